The highest BCUT2D eigenvalue weighted by molar-refractivity contribution is 8.00. The van der Waals surface area contributed by atoms with Crippen molar-refractivity contribution in [3.05, 3.63) is 0 Å². The molecule has 3 heteroatoms. The molecule has 0 aliphatic heterocycles. The first-order valence-corrected chi connectivity index (χ1v) is 8.30. The van der Waals surface area contributed by atoms with E-state index in [4.69, 9.17) is 0 Å². The van der Waals surface area contributed by atoms with Crippen LogP contribution in [0.3, 0.4) is 0 Å². The summed E-state index contributed by atoms with van der Waals surface area (Å²) in [5.74, 6) is 0. The Balaban J connectivity index is 2.37. The van der Waals surface area contributed by atoms with Gasteiger partial charge in [0.2, 0.25) is 0 Å². The van der Waals surface area contributed by atoms with Crippen LogP contribution in [-0.2, 0) is 0 Å². The Morgan fingerprint density at radius 3 is 2.24 bits per heavy atom. The Morgan fingerprint density at radius 2 is 1.76 bits per heavy atom. The van der Waals surface area contributed by atoms with Crippen LogP contribution in [0.2, 0.25) is 0 Å². The van der Waals surface area contributed by atoms with E-state index in [1.807, 2.05) is 11.8 Å². The minimum atomic E-state index is -0.506. The highest BCUT2D eigenvalue weighted by atomic mass is 32.2. The molecule has 0 atom stereocenters. The standard InChI is InChI=1S/C14H29NOS/c1-4-13(16,5-2)11-15-12-14(17-3)9-7-6-8-10-14/h15-16H,4-12H2,1-3H3. The van der Waals surface area contributed by atoms with Gasteiger partial charge in [-0.25, -0.2) is 0 Å². The SMILES string of the molecule is CCC(O)(CC)CNCC1(SC)CCCCC1. The Kier molecular flexibility index (Phi) is 6.32. The van der Waals surface area contributed by atoms with Gasteiger partial charge in [-0.1, -0.05) is 33.1 Å². The second-order valence-corrected chi connectivity index (χ2v) is 6.76. The van der Waals surface area contributed by atoms with Crippen molar-refractivity contribution in [2.75, 3.05) is 19.3 Å². The molecule has 0 amide bonds. The maximum atomic E-state index is 10.2. The number of rotatable bonds is 7. The van der Waals surface area contributed by atoms with E-state index in [0.717, 1.165) is 25.9 Å². The fourth-order valence-electron chi connectivity index (χ4n) is 2.67. The summed E-state index contributed by atoms with van der Waals surface area (Å²) in [6, 6.07) is 0. The Bertz CT molecular complexity index is 210. The van der Waals surface area contributed by atoms with Crippen molar-refractivity contribution in [2.24, 2.45) is 0 Å². The number of nitrogens with one attached hydrogen (secondary N) is 1. The lowest BCUT2D eigenvalue weighted by Crippen LogP contribution is -2.46. The fraction of sp³-hybridized carbons (Fsp3) is 1.00. The molecule has 1 aliphatic rings. The summed E-state index contributed by atoms with van der Waals surface area (Å²) >= 11 is 2.01. The molecule has 0 unspecified atom stereocenters. The highest BCUT2D eigenvalue weighted by Crippen LogP contribution is 2.38. The van der Waals surface area contributed by atoms with E-state index >= 15 is 0 Å². The van der Waals surface area contributed by atoms with Gasteiger partial charge in [0.1, 0.15) is 0 Å². The minimum absolute atomic E-state index is 0.431. The highest BCUT2D eigenvalue weighted by Gasteiger charge is 2.31. The van der Waals surface area contributed by atoms with E-state index in [2.05, 4.69) is 25.4 Å². The van der Waals surface area contributed by atoms with Gasteiger partial charge in [-0.05, 0) is 31.9 Å². The van der Waals surface area contributed by atoms with E-state index in [0.29, 0.717) is 4.75 Å². The molecule has 1 fully saturated rings. The van der Waals surface area contributed by atoms with Crippen LogP contribution in [0.4, 0.5) is 0 Å². The van der Waals surface area contributed by atoms with Crippen molar-refractivity contribution in [1.82, 2.24) is 5.32 Å². The van der Waals surface area contributed by atoms with Crippen LogP contribution in [0.25, 0.3) is 0 Å². The number of hydrogen-bond donors (Lipinski definition) is 2. The Labute approximate surface area is 111 Å². The molecule has 1 rings (SSSR count). The van der Waals surface area contributed by atoms with E-state index in [9.17, 15) is 5.11 Å². The molecular weight excluding hydrogens is 230 g/mol. The third-order valence-electron chi connectivity index (χ3n) is 4.42. The Hall–Kier alpha value is 0.270. The van der Waals surface area contributed by atoms with Gasteiger partial charge in [-0.3, -0.25) is 0 Å². The second kappa shape index (κ2) is 7.01. The monoisotopic (exact) mass is 259 g/mol. The lowest BCUT2D eigenvalue weighted by atomic mass is 9.88. The summed E-state index contributed by atoms with van der Waals surface area (Å²) in [6.07, 6.45) is 10.7. The molecule has 1 aliphatic carbocycles. The fourth-order valence-corrected chi connectivity index (χ4v) is 3.62. The van der Waals surface area contributed by atoms with E-state index < -0.39 is 5.60 Å². The van der Waals surface area contributed by atoms with Crippen LogP contribution in [0.15, 0.2) is 0 Å². The first-order chi connectivity index (χ1) is 8.10. The summed E-state index contributed by atoms with van der Waals surface area (Å²) in [7, 11) is 0. The van der Waals surface area contributed by atoms with Crippen LogP contribution in [0, 0.1) is 0 Å². The molecule has 0 spiro atoms. The Morgan fingerprint density at radius 1 is 1.18 bits per heavy atom. The summed E-state index contributed by atoms with van der Waals surface area (Å²) in [6.45, 7) is 5.92. The van der Waals surface area contributed by atoms with Crippen LogP contribution in [-0.4, -0.2) is 34.8 Å². The zero-order chi connectivity index (χ0) is 12.8. The molecule has 0 radical (unpaired) electrons. The zero-order valence-corrected chi connectivity index (χ0v) is 12.5. The van der Waals surface area contributed by atoms with E-state index in [1.165, 1.54) is 32.1 Å². The van der Waals surface area contributed by atoms with Gasteiger partial charge in [0, 0.05) is 17.8 Å². The van der Waals surface area contributed by atoms with Crippen LogP contribution >= 0.6 is 11.8 Å². The van der Waals surface area contributed by atoms with Crippen molar-refractivity contribution < 1.29 is 5.11 Å². The summed E-state index contributed by atoms with van der Waals surface area (Å²) in [5.41, 5.74) is -0.506. The summed E-state index contributed by atoms with van der Waals surface area (Å²) in [5, 5.41) is 13.8. The van der Waals surface area contributed by atoms with Crippen LogP contribution in [0.5, 0.6) is 0 Å². The van der Waals surface area contributed by atoms with Crippen LogP contribution < -0.4 is 5.32 Å². The van der Waals surface area contributed by atoms with Gasteiger partial charge in [-0.2, -0.15) is 11.8 Å². The number of thioether (sulfide) groups is 1. The molecule has 2 nitrogen and oxygen atoms in total. The van der Waals surface area contributed by atoms with E-state index in [-0.39, 0.29) is 0 Å². The zero-order valence-electron chi connectivity index (χ0n) is 11.7. The molecular formula is C14H29NOS. The minimum Gasteiger partial charge on any atom is -0.389 e. The van der Waals surface area contributed by atoms with Crippen molar-refractivity contribution in [1.29, 1.82) is 0 Å². The maximum absolute atomic E-state index is 10.2. The smallest absolute Gasteiger partial charge is 0.0766 e. The molecule has 0 bridgehead atoms. The molecule has 0 aromatic rings. The first kappa shape index (κ1) is 15.3. The van der Waals surface area contributed by atoms with Gasteiger partial charge in [0.15, 0.2) is 0 Å². The van der Waals surface area contributed by atoms with Gasteiger partial charge in [0.25, 0.3) is 0 Å². The predicted molar refractivity (Wildman–Crippen MR) is 77.7 cm³/mol. The van der Waals surface area contributed by atoms with E-state index in [1.54, 1.807) is 0 Å². The first-order valence-electron chi connectivity index (χ1n) is 7.08. The number of hydrogen-bond acceptors (Lipinski definition) is 3. The molecule has 0 aromatic carbocycles. The average molecular weight is 259 g/mol. The molecule has 1 saturated carbocycles. The molecule has 0 heterocycles. The van der Waals surface area contributed by atoms with Gasteiger partial charge in [0.05, 0.1) is 5.60 Å². The third kappa shape index (κ3) is 4.46. The second-order valence-electron chi connectivity index (χ2n) is 5.48. The predicted octanol–water partition coefficient (Wildman–Crippen LogP) is 3.19. The third-order valence-corrected chi connectivity index (χ3v) is 5.83. The molecule has 0 aromatic heterocycles. The van der Waals surface area contributed by atoms with Crippen molar-refractivity contribution >= 4 is 11.8 Å². The molecule has 2 N–H and O–H groups in total. The lowest BCUT2D eigenvalue weighted by Gasteiger charge is -2.37. The van der Waals surface area contributed by atoms with Crippen molar-refractivity contribution in [3.63, 3.8) is 0 Å². The maximum Gasteiger partial charge on any atom is 0.0766 e. The number of aliphatic hydroxyl groups is 1. The van der Waals surface area contributed by atoms with Gasteiger partial charge in [-0.15, -0.1) is 0 Å². The quantitative estimate of drug-likeness (QED) is 0.736. The van der Waals surface area contributed by atoms with Crippen molar-refractivity contribution in [3.8, 4) is 0 Å². The molecule has 17 heavy (non-hydrogen) atoms. The van der Waals surface area contributed by atoms with Crippen molar-refractivity contribution in [2.45, 2.75) is 69.1 Å². The molecule has 0 saturated heterocycles. The van der Waals surface area contributed by atoms with Gasteiger partial charge < -0.3 is 10.4 Å². The van der Waals surface area contributed by atoms with Gasteiger partial charge >= 0.3 is 0 Å². The van der Waals surface area contributed by atoms with Crippen LogP contribution in [0.1, 0.15) is 58.8 Å². The largest absolute Gasteiger partial charge is 0.389 e. The topological polar surface area (TPSA) is 32.3 Å². The normalized spacial score (nSPS) is 20.5. The lowest BCUT2D eigenvalue weighted by molar-refractivity contribution is 0.0319. The molecule has 102 valence electrons. The average Bonchev–Trinajstić information content (AvgIpc) is 2.39. The summed E-state index contributed by atoms with van der Waals surface area (Å²) in [4.78, 5) is 0. The summed E-state index contributed by atoms with van der Waals surface area (Å²) < 4.78 is 0.431.